The molecule has 0 rings (SSSR count). The Morgan fingerprint density at radius 3 is 2.15 bits per heavy atom. The zero-order chi connectivity index (χ0) is 10.0. The maximum Gasteiger partial charge on any atom is 0.221 e. The van der Waals surface area contributed by atoms with Crippen molar-refractivity contribution >= 4 is 0 Å². The molecule has 0 aromatic heterocycles. The van der Waals surface area contributed by atoms with Crippen LogP contribution >= 0.6 is 0 Å². The van der Waals surface area contributed by atoms with Crippen LogP contribution < -0.4 is 0 Å². The van der Waals surface area contributed by atoms with Gasteiger partial charge in [0.25, 0.3) is 0 Å². The number of rotatable bonds is 5. The number of aliphatic hydroxyl groups is 1. The Bertz CT molecular complexity index is 91.5. The molecule has 0 aliphatic heterocycles. The molecule has 0 atom stereocenters. The molecule has 0 bridgehead atoms. The summed E-state index contributed by atoms with van der Waals surface area (Å²) in [4.78, 5) is 0. The molecular weight excluding hydrogens is 258 g/mol. The quantitative estimate of drug-likeness (QED) is 0.602. The molecule has 0 saturated carbocycles. The third-order valence-electron chi connectivity index (χ3n) is 1.27. The van der Waals surface area contributed by atoms with Gasteiger partial charge >= 0.3 is 0 Å². The largest absolute Gasteiger partial charge is 0.569 e. The molecule has 0 saturated heterocycles. The van der Waals surface area contributed by atoms with Crippen LogP contribution in [0.25, 0.3) is 0 Å². The van der Waals surface area contributed by atoms with Crippen LogP contribution in [0.15, 0.2) is 0 Å². The van der Waals surface area contributed by atoms with E-state index in [-0.39, 0.29) is 52.0 Å². The molecule has 13 heavy (non-hydrogen) atoms. The van der Waals surface area contributed by atoms with Crippen molar-refractivity contribution < 1.29 is 51.0 Å². The van der Waals surface area contributed by atoms with E-state index in [9.17, 15) is 13.2 Å². The first kappa shape index (κ1) is 19.4. The average molecular weight is 273 g/mol. The molecule has 0 aliphatic carbocycles. The van der Waals surface area contributed by atoms with Crippen molar-refractivity contribution in [2.24, 2.45) is 0 Å². The van der Waals surface area contributed by atoms with E-state index in [1.165, 1.54) is 13.3 Å². The Hall–Kier alpha value is 0.854. The van der Waals surface area contributed by atoms with E-state index < -0.39 is 12.6 Å². The van der Waals surface area contributed by atoms with Crippen molar-refractivity contribution in [2.45, 2.75) is 32.1 Å². The smallest absolute Gasteiger partial charge is 0.221 e. The summed E-state index contributed by atoms with van der Waals surface area (Å²) in [5.41, 5.74) is 0. The minimum Gasteiger partial charge on any atom is -0.569 e. The SMILES string of the molecule is CCC(F)(F)C[CH-]CCF.[CH2-]O.[Y]. The third kappa shape index (κ3) is 15.6. The molecule has 5 heteroatoms. The molecule has 1 N–H and O–H groups in total. The van der Waals surface area contributed by atoms with E-state index in [2.05, 4.69) is 7.11 Å². The van der Waals surface area contributed by atoms with E-state index in [1.807, 2.05) is 0 Å². The molecule has 1 radical (unpaired) electrons. The van der Waals surface area contributed by atoms with Crippen molar-refractivity contribution in [2.75, 3.05) is 6.67 Å². The van der Waals surface area contributed by atoms with Crippen molar-refractivity contribution in [3.8, 4) is 0 Å². The topological polar surface area (TPSA) is 20.2 Å². The van der Waals surface area contributed by atoms with Gasteiger partial charge in [-0.2, -0.15) is 6.42 Å². The summed E-state index contributed by atoms with van der Waals surface area (Å²) in [6, 6.07) is 0. The number of alkyl halides is 3. The zero-order valence-electron chi connectivity index (χ0n) is 7.77. The summed E-state index contributed by atoms with van der Waals surface area (Å²) < 4.78 is 36.0. The molecule has 1 nitrogen and oxygen atoms in total. The standard InChI is InChI=1S/C7H12F3.CH3O.Y/c1-2-7(9,10)5-3-4-6-8;1-2;/h3H,2,4-6H2,1H3;2H,1H2;/q2*-1;. The molecular formula is C8H15F3OY-2. The molecule has 79 valence electrons. The first-order valence-electron chi connectivity index (χ1n) is 3.69. The Kier molecular flexibility index (Phi) is 19.2. The van der Waals surface area contributed by atoms with Gasteiger partial charge in [0, 0.05) is 39.1 Å². The maximum absolute atomic E-state index is 12.3. The van der Waals surface area contributed by atoms with Crippen molar-refractivity contribution in [1.82, 2.24) is 0 Å². The second-order valence-corrected chi connectivity index (χ2v) is 2.18. The van der Waals surface area contributed by atoms with Crippen LogP contribution in [0.1, 0.15) is 26.2 Å². The van der Waals surface area contributed by atoms with Gasteiger partial charge in [-0.05, 0) is 0 Å². The van der Waals surface area contributed by atoms with Crippen LogP contribution in [0, 0.1) is 13.5 Å². The summed E-state index contributed by atoms with van der Waals surface area (Å²) >= 11 is 0. The van der Waals surface area contributed by atoms with Crippen LogP contribution in [0.3, 0.4) is 0 Å². The van der Waals surface area contributed by atoms with E-state index in [0.29, 0.717) is 0 Å². The number of unbranched alkanes of at least 4 members (excludes halogenated alkanes) is 1. The van der Waals surface area contributed by atoms with Crippen LogP contribution in [-0.2, 0) is 32.7 Å². The van der Waals surface area contributed by atoms with E-state index in [4.69, 9.17) is 5.11 Å². The number of hydrogen-bond donors (Lipinski definition) is 1. The van der Waals surface area contributed by atoms with Crippen molar-refractivity contribution in [3.63, 3.8) is 0 Å². The predicted octanol–water partition coefficient (Wildman–Crippen LogP) is 3.13. The second kappa shape index (κ2) is 12.9. The number of hydrogen-bond acceptors (Lipinski definition) is 1. The molecule has 0 amide bonds. The van der Waals surface area contributed by atoms with Crippen LogP contribution in [0.4, 0.5) is 13.2 Å². The summed E-state index contributed by atoms with van der Waals surface area (Å²) in [7, 11) is 2.25. The first-order valence-corrected chi connectivity index (χ1v) is 3.69. The minimum absolute atomic E-state index is 0. The fourth-order valence-corrected chi connectivity index (χ4v) is 0.535. The summed E-state index contributed by atoms with van der Waals surface area (Å²) in [6.07, 6.45) is 0.961. The van der Waals surface area contributed by atoms with Gasteiger partial charge in [-0.3, -0.25) is 4.39 Å². The summed E-state index contributed by atoms with van der Waals surface area (Å²) in [6.45, 7) is 0.878. The second-order valence-electron chi connectivity index (χ2n) is 2.18. The molecule has 0 aromatic rings. The average Bonchev–Trinajstić information content (AvgIpc) is 2.09. The third-order valence-corrected chi connectivity index (χ3v) is 1.27. The molecule has 0 heterocycles. The minimum atomic E-state index is -2.63. The molecule has 0 aliphatic rings. The van der Waals surface area contributed by atoms with Crippen LogP contribution in [-0.4, -0.2) is 17.7 Å². The summed E-state index contributed by atoms with van der Waals surface area (Å²) in [5.74, 6) is -2.63. The normalized spacial score (nSPS) is 9.69. The molecule has 0 aromatic carbocycles. The van der Waals surface area contributed by atoms with Gasteiger partial charge < -0.3 is 11.5 Å². The van der Waals surface area contributed by atoms with E-state index >= 15 is 0 Å². The number of halogens is 3. The Balaban J connectivity index is -0.000000309. The fourth-order valence-electron chi connectivity index (χ4n) is 0.535. The molecule has 0 spiro atoms. The molecule has 0 unspecified atom stereocenters. The fraction of sp³-hybridized carbons (Fsp3) is 0.750. The van der Waals surface area contributed by atoms with E-state index in [0.717, 1.165) is 0 Å². The van der Waals surface area contributed by atoms with Gasteiger partial charge in [-0.15, -0.1) is 6.42 Å². The van der Waals surface area contributed by atoms with Crippen LogP contribution in [0.2, 0.25) is 0 Å². The Morgan fingerprint density at radius 2 is 1.85 bits per heavy atom. The van der Waals surface area contributed by atoms with Crippen LogP contribution in [0.5, 0.6) is 0 Å². The monoisotopic (exact) mass is 273 g/mol. The zero-order valence-corrected chi connectivity index (χ0v) is 10.6. The van der Waals surface area contributed by atoms with Gasteiger partial charge in [-0.25, -0.2) is 15.9 Å². The van der Waals surface area contributed by atoms with Crippen molar-refractivity contribution in [1.29, 1.82) is 0 Å². The van der Waals surface area contributed by atoms with Gasteiger partial charge in [-0.1, -0.05) is 6.92 Å². The van der Waals surface area contributed by atoms with E-state index in [1.54, 1.807) is 0 Å². The van der Waals surface area contributed by atoms with Gasteiger partial charge in [0.2, 0.25) is 5.92 Å². The van der Waals surface area contributed by atoms with Crippen molar-refractivity contribution in [3.05, 3.63) is 13.5 Å². The predicted molar refractivity (Wildman–Crippen MR) is 42.0 cm³/mol. The maximum atomic E-state index is 12.3. The Labute approximate surface area is 103 Å². The molecule has 0 fully saturated rings. The van der Waals surface area contributed by atoms with Gasteiger partial charge in [0.15, 0.2) is 0 Å². The van der Waals surface area contributed by atoms with Gasteiger partial charge in [0.05, 0.1) is 6.67 Å². The first-order chi connectivity index (χ1) is 5.62. The number of aliphatic hydroxyl groups excluding tert-OH is 1. The Morgan fingerprint density at radius 1 is 1.38 bits per heavy atom. The summed E-state index contributed by atoms with van der Waals surface area (Å²) in [5, 5.41) is 6.75. The van der Waals surface area contributed by atoms with Gasteiger partial charge in [0.1, 0.15) is 0 Å².